The van der Waals surface area contributed by atoms with Crippen LogP contribution in [0.5, 0.6) is 0 Å². The van der Waals surface area contributed by atoms with Crippen molar-refractivity contribution in [3.05, 3.63) is 23.2 Å². The Morgan fingerprint density at radius 3 is 3.00 bits per heavy atom. The van der Waals surface area contributed by atoms with Crippen LogP contribution in [0.15, 0.2) is 18.2 Å². The minimum absolute atomic E-state index is 0.0197. The quantitative estimate of drug-likeness (QED) is 0.858. The Morgan fingerprint density at radius 1 is 1.35 bits per heavy atom. The van der Waals surface area contributed by atoms with Crippen molar-refractivity contribution < 1.29 is 4.84 Å². The number of rotatable bonds is 2. The van der Waals surface area contributed by atoms with Gasteiger partial charge in [0.2, 0.25) is 0 Å². The Morgan fingerprint density at radius 2 is 2.22 bits per heavy atom. The average Bonchev–Trinajstić information content (AvgIpc) is 3.12. The zero-order chi connectivity index (χ0) is 15.4. The fourth-order valence-corrected chi connectivity index (χ4v) is 5.62. The SMILES string of the molecule is Clc1ccc2nc(NN3CC4(CC5CCC4CC5)ON3)sc2c1. The number of fused-ring (bicyclic) bond motifs is 3. The molecule has 5 nitrogen and oxygen atoms in total. The lowest BCUT2D eigenvalue weighted by molar-refractivity contribution is -0.146. The van der Waals surface area contributed by atoms with Crippen LogP contribution in [0.25, 0.3) is 10.2 Å². The van der Waals surface area contributed by atoms with Crippen LogP contribution in [0.3, 0.4) is 0 Å². The number of hydrogen-bond acceptors (Lipinski definition) is 6. The molecule has 0 amide bonds. The minimum atomic E-state index is -0.0197. The molecule has 2 bridgehead atoms. The molecule has 122 valence electrons. The van der Waals surface area contributed by atoms with Crippen LogP contribution in [-0.4, -0.2) is 22.2 Å². The predicted molar refractivity (Wildman–Crippen MR) is 92.0 cm³/mol. The second-order valence-electron chi connectivity index (χ2n) is 7.01. The van der Waals surface area contributed by atoms with E-state index in [0.717, 1.165) is 32.8 Å². The highest BCUT2D eigenvalue weighted by Crippen LogP contribution is 2.50. The van der Waals surface area contributed by atoms with Gasteiger partial charge in [-0.1, -0.05) is 22.9 Å². The third-order valence-electron chi connectivity index (χ3n) is 5.59. The van der Waals surface area contributed by atoms with Gasteiger partial charge in [0.1, 0.15) is 5.60 Å². The van der Waals surface area contributed by atoms with Gasteiger partial charge in [-0.15, -0.1) is 10.7 Å². The average molecular weight is 351 g/mol. The lowest BCUT2D eigenvalue weighted by atomic mass is 9.62. The van der Waals surface area contributed by atoms with Crippen LogP contribution in [-0.2, 0) is 4.84 Å². The number of anilines is 1. The molecule has 1 unspecified atom stereocenters. The molecule has 1 aromatic carbocycles. The molecule has 6 rings (SSSR count). The summed E-state index contributed by atoms with van der Waals surface area (Å²) < 4.78 is 1.09. The summed E-state index contributed by atoms with van der Waals surface area (Å²) >= 11 is 7.65. The number of hydrazine groups is 2. The summed E-state index contributed by atoms with van der Waals surface area (Å²) in [6.07, 6.45) is 6.54. The maximum atomic E-state index is 6.06. The third-order valence-corrected chi connectivity index (χ3v) is 6.75. The monoisotopic (exact) mass is 350 g/mol. The van der Waals surface area contributed by atoms with E-state index in [1.54, 1.807) is 11.3 Å². The molecule has 1 saturated heterocycles. The van der Waals surface area contributed by atoms with Crippen LogP contribution in [0.2, 0.25) is 5.02 Å². The van der Waals surface area contributed by atoms with E-state index in [1.807, 2.05) is 23.3 Å². The van der Waals surface area contributed by atoms with Gasteiger partial charge in [-0.25, -0.2) is 4.98 Å². The third kappa shape index (κ3) is 2.44. The number of benzene rings is 1. The Labute approximate surface area is 143 Å². The number of hydrogen-bond donors (Lipinski definition) is 2. The van der Waals surface area contributed by atoms with Crippen LogP contribution in [0.4, 0.5) is 5.13 Å². The van der Waals surface area contributed by atoms with Crippen molar-refractivity contribution in [2.24, 2.45) is 11.8 Å². The number of nitrogens with one attached hydrogen (secondary N) is 2. The summed E-state index contributed by atoms with van der Waals surface area (Å²) in [6.45, 7) is 0.866. The van der Waals surface area contributed by atoms with Gasteiger partial charge in [-0.05, 0) is 62.1 Å². The maximum Gasteiger partial charge on any atom is 0.199 e. The van der Waals surface area contributed by atoms with Crippen LogP contribution >= 0.6 is 22.9 Å². The van der Waals surface area contributed by atoms with Crippen molar-refractivity contribution in [1.82, 2.24) is 15.7 Å². The van der Waals surface area contributed by atoms with Gasteiger partial charge in [0.05, 0.1) is 16.8 Å². The van der Waals surface area contributed by atoms with E-state index in [4.69, 9.17) is 16.4 Å². The molecule has 0 radical (unpaired) electrons. The lowest BCUT2D eigenvalue weighted by Gasteiger charge is -2.47. The van der Waals surface area contributed by atoms with E-state index in [-0.39, 0.29) is 5.60 Å². The number of nitrogens with zero attached hydrogens (tertiary/aromatic N) is 2. The standard InChI is InChI=1S/C16H19ClN4OS/c17-12-5-6-13-14(7-12)23-15(18-13)19-21-9-16(22-20-21)8-10-1-3-11(16)4-2-10/h5-7,10-11,20H,1-4,8-9H2,(H,18,19). The fourth-order valence-electron chi connectivity index (χ4n) is 4.47. The van der Waals surface area contributed by atoms with E-state index >= 15 is 0 Å². The molecule has 1 spiro atoms. The first-order valence-corrected chi connectivity index (χ1v) is 9.44. The van der Waals surface area contributed by atoms with Gasteiger partial charge in [0.15, 0.2) is 5.13 Å². The van der Waals surface area contributed by atoms with Gasteiger partial charge in [-0.2, -0.15) is 0 Å². The van der Waals surface area contributed by atoms with E-state index in [0.29, 0.717) is 5.92 Å². The Hall–Kier alpha value is -0.920. The molecule has 3 aliphatic carbocycles. The molecular formula is C16H19ClN4OS. The lowest BCUT2D eigenvalue weighted by Crippen LogP contribution is -2.50. The van der Waals surface area contributed by atoms with Gasteiger partial charge in [0.25, 0.3) is 0 Å². The first kappa shape index (κ1) is 14.4. The molecule has 2 heterocycles. The van der Waals surface area contributed by atoms with Crippen molar-refractivity contribution in [1.29, 1.82) is 0 Å². The van der Waals surface area contributed by atoms with Crippen molar-refractivity contribution in [2.75, 3.05) is 12.0 Å². The number of halogens is 1. The zero-order valence-corrected chi connectivity index (χ0v) is 14.3. The van der Waals surface area contributed by atoms with Gasteiger partial charge in [-0.3, -0.25) is 10.3 Å². The topological polar surface area (TPSA) is 49.4 Å². The summed E-state index contributed by atoms with van der Waals surface area (Å²) in [5.74, 6) is 1.52. The second kappa shape index (κ2) is 5.29. The van der Waals surface area contributed by atoms with E-state index in [9.17, 15) is 0 Å². The highest BCUT2D eigenvalue weighted by Gasteiger charge is 2.53. The fraction of sp³-hybridized carbons (Fsp3) is 0.562. The summed E-state index contributed by atoms with van der Waals surface area (Å²) in [5.41, 5.74) is 7.36. The Balaban J connectivity index is 1.33. The van der Waals surface area contributed by atoms with Crippen LogP contribution in [0.1, 0.15) is 32.1 Å². The second-order valence-corrected chi connectivity index (χ2v) is 8.48. The predicted octanol–water partition coefficient (Wildman–Crippen LogP) is 3.98. The summed E-state index contributed by atoms with van der Waals surface area (Å²) in [4.78, 5) is 10.7. The highest BCUT2D eigenvalue weighted by atomic mass is 35.5. The van der Waals surface area contributed by atoms with E-state index in [1.165, 1.54) is 32.1 Å². The zero-order valence-electron chi connectivity index (χ0n) is 12.7. The number of thiazole rings is 1. The summed E-state index contributed by atoms with van der Waals surface area (Å²) in [5, 5.41) is 3.55. The van der Waals surface area contributed by atoms with Crippen molar-refractivity contribution in [3.8, 4) is 0 Å². The molecule has 7 heteroatoms. The Kier molecular flexibility index (Phi) is 3.32. The van der Waals surface area contributed by atoms with Crippen LogP contribution < -0.4 is 11.0 Å². The molecular weight excluding hydrogens is 332 g/mol. The van der Waals surface area contributed by atoms with Gasteiger partial charge in [0, 0.05) is 5.02 Å². The first-order valence-electron chi connectivity index (χ1n) is 8.24. The molecule has 4 aliphatic rings. The maximum absolute atomic E-state index is 6.06. The van der Waals surface area contributed by atoms with Crippen LogP contribution in [0, 0.1) is 11.8 Å². The molecule has 23 heavy (non-hydrogen) atoms. The summed E-state index contributed by atoms with van der Waals surface area (Å²) in [6, 6.07) is 5.78. The molecule has 3 saturated carbocycles. The van der Waals surface area contributed by atoms with Crippen molar-refractivity contribution in [2.45, 2.75) is 37.7 Å². The molecule has 2 N–H and O–H groups in total. The summed E-state index contributed by atoms with van der Waals surface area (Å²) in [7, 11) is 0. The largest absolute Gasteiger partial charge is 0.279 e. The van der Waals surface area contributed by atoms with Gasteiger partial charge < -0.3 is 0 Å². The number of aromatic nitrogens is 1. The van der Waals surface area contributed by atoms with E-state index < -0.39 is 0 Å². The van der Waals surface area contributed by atoms with E-state index in [2.05, 4.69) is 16.0 Å². The molecule has 4 fully saturated rings. The first-order chi connectivity index (χ1) is 11.2. The molecule has 1 aromatic heterocycles. The smallest absolute Gasteiger partial charge is 0.199 e. The Bertz CT molecular complexity index is 745. The molecule has 1 aliphatic heterocycles. The van der Waals surface area contributed by atoms with Crippen molar-refractivity contribution >= 4 is 38.3 Å². The highest BCUT2D eigenvalue weighted by molar-refractivity contribution is 7.22. The molecule has 1 atom stereocenters. The molecule has 2 aromatic rings. The van der Waals surface area contributed by atoms with Crippen molar-refractivity contribution in [3.63, 3.8) is 0 Å². The normalized spacial score (nSPS) is 33.8. The van der Waals surface area contributed by atoms with Gasteiger partial charge >= 0.3 is 0 Å². The minimum Gasteiger partial charge on any atom is -0.279 e.